The number of nitrogens with zero attached hydrogens (tertiary/aromatic N) is 3. The number of likely N-dealkylation sites (N-methyl/N-ethyl adjacent to an activating group) is 1. The molecule has 1 amide bonds. The van der Waals surface area contributed by atoms with Gasteiger partial charge in [0.05, 0.1) is 23.5 Å². The van der Waals surface area contributed by atoms with Crippen LogP contribution in [0.4, 0.5) is 0 Å². The number of nitrogens with one attached hydrogen (secondary N) is 1. The summed E-state index contributed by atoms with van der Waals surface area (Å²) >= 11 is 5.91. The number of carbonyl (C=O) groups is 1. The van der Waals surface area contributed by atoms with E-state index in [9.17, 15) is 4.79 Å². The van der Waals surface area contributed by atoms with E-state index in [-0.39, 0.29) is 5.91 Å². The summed E-state index contributed by atoms with van der Waals surface area (Å²) in [5.41, 5.74) is 0.901. The van der Waals surface area contributed by atoms with Crippen LogP contribution in [0.25, 0.3) is 0 Å². The minimum absolute atomic E-state index is 0.0539. The van der Waals surface area contributed by atoms with Crippen molar-refractivity contribution in [1.29, 1.82) is 0 Å². The zero-order valence-corrected chi connectivity index (χ0v) is 12.7. The van der Waals surface area contributed by atoms with Gasteiger partial charge < -0.3 is 10.2 Å². The zero-order valence-electron chi connectivity index (χ0n) is 11.9. The van der Waals surface area contributed by atoms with Crippen molar-refractivity contribution in [2.24, 2.45) is 0 Å². The van der Waals surface area contributed by atoms with Crippen molar-refractivity contribution in [3.05, 3.63) is 16.9 Å². The Morgan fingerprint density at radius 3 is 2.68 bits per heavy atom. The van der Waals surface area contributed by atoms with Crippen LogP contribution in [0.2, 0.25) is 5.02 Å². The van der Waals surface area contributed by atoms with Gasteiger partial charge >= 0.3 is 0 Å². The van der Waals surface area contributed by atoms with Gasteiger partial charge in [-0.1, -0.05) is 25.4 Å². The molecule has 1 rings (SSSR count). The first-order chi connectivity index (χ1) is 9.08. The molecule has 0 saturated heterocycles. The molecular formula is C13H23ClN4O. The fourth-order valence-corrected chi connectivity index (χ4v) is 1.98. The summed E-state index contributed by atoms with van der Waals surface area (Å²) in [5.74, 6) is 0.0539. The highest BCUT2D eigenvalue weighted by atomic mass is 35.5. The highest BCUT2D eigenvalue weighted by Gasteiger charge is 2.07. The molecule has 1 N–H and O–H groups in total. The van der Waals surface area contributed by atoms with Gasteiger partial charge in [-0.25, -0.2) is 0 Å². The molecule has 1 aromatic rings. The Morgan fingerprint density at radius 1 is 1.47 bits per heavy atom. The zero-order chi connectivity index (χ0) is 14.3. The molecule has 0 saturated carbocycles. The first-order valence-corrected chi connectivity index (χ1v) is 7.13. The van der Waals surface area contributed by atoms with Crippen LogP contribution in [0.1, 0.15) is 26.0 Å². The molecule has 0 radical (unpaired) electrons. The lowest BCUT2D eigenvalue weighted by atomic mass is 10.3. The smallest absolute Gasteiger partial charge is 0.221 e. The Bertz CT molecular complexity index is 401. The van der Waals surface area contributed by atoms with E-state index in [2.05, 4.69) is 29.2 Å². The van der Waals surface area contributed by atoms with Crippen molar-refractivity contribution in [2.75, 3.05) is 26.2 Å². The molecule has 6 heteroatoms. The standard InChI is InChI=1S/C13H23ClN4O/c1-4-17(5-2)9-7-15-13(19)6-8-18-11(3)12(14)10-16-18/h10H,4-9H2,1-3H3,(H,15,19). The van der Waals surface area contributed by atoms with Crippen LogP contribution in [0.15, 0.2) is 6.20 Å². The van der Waals surface area contributed by atoms with E-state index in [0.29, 0.717) is 24.5 Å². The molecule has 1 heterocycles. The molecule has 0 aliphatic carbocycles. The van der Waals surface area contributed by atoms with Crippen LogP contribution in [0, 0.1) is 6.92 Å². The second-order valence-corrected chi connectivity index (χ2v) is 4.84. The minimum Gasteiger partial charge on any atom is -0.355 e. The van der Waals surface area contributed by atoms with Crippen LogP contribution in [0.5, 0.6) is 0 Å². The number of aromatic nitrogens is 2. The number of amides is 1. The fraction of sp³-hybridized carbons (Fsp3) is 0.692. The largest absolute Gasteiger partial charge is 0.355 e. The van der Waals surface area contributed by atoms with Crippen LogP contribution in [0.3, 0.4) is 0 Å². The van der Waals surface area contributed by atoms with Crippen LogP contribution in [-0.2, 0) is 11.3 Å². The molecule has 0 aromatic carbocycles. The molecule has 5 nitrogen and oxygen atoms in total. The average molecular weight is 287 g/mol. The summed E-state index contributed by atoms with van der Waals surface area (Å²) < 4.78 is 1.76. The molecular weight excluding hydrogens is 264 g/mol. The maximum Gasteiger partial charge on any atom is 0.221 e. The molecule has 0 aliphatic rings. The number of hydrogen-bond donors (Lipinski definition) is 1. The van der Waals surface area contributed by atoms with E-state index in [1.165, 1.54) is 0 Å². The quantitative estimate of drug-likeness (QED) is 0.791. The third-order valence-electron chi connectivity index (χ3n) is 3.24. The van der Waals surface area contributed by atoms with E-state index in [0.717, 1.165) is 25.3 Å². The lowest BCUT2D eigenvalue weighted by Crippen LogP contribution is -2.35. The highest BCUT2D eigenvalue weighted by molar-refractivity contribution is 6.31. The third-order valence-corrected chi connectivity index (χ3v) is 3.61. The molecule has 0 bridgehead atoms. The van der Waals surface area contributed by atoms with Crippen LogP contribution in [-0.4, -0.2) is 46.8 Å². The number of carbonyl (C=O) groups excluding carboxylic acids is 1. The van der Waals surface area contributed by atoms with Gasteiger partial charge in [-0.2, -0.15) is 5.10 Å². The molecule has 0 fully saturated rings. The van der Waals surface area contributed by atoms with Gasteiger partial charge in [0, 0.05) is 19.5 Å². The number of halogens is 1. The van der Waals surface area contributed by atoms with E-state index < -0.39 is 0 Å². The van der Waals surface area contributed by atoms with Crippen molar-refractivity contribution < 1.29 is 4.79 Å². The summed E-state index contributed by atoms with van der Waals surface area (Å²) in [7, 11) is 0. The van der Waals surface area contributed by atoms with Crippen molar-refractivity contribution >= 4 is 17.5 Å². The minimum atomic E-state index is 0.0539. The summed E-state index contributed by atoms with van der Waals surface area (Å²) in [6, 6.07) is 0. The molecule has 0 spiro atoms. The molecule has 108 valence electrons. The van der Waals surface area contributed by atoms with Crippen LogP contribution >= 0.6 is 11.6 Å². The summed E-state index contributed by atoms with van der Waals surface area (Å²) in [6.45, 7) is 10.3. The second-order valence-electron chi connectivity index (χ2n) is 4.43. The molecule has 0 atom stereocenters. The lowest BCUT2D eigenvalue weighted by molar-refractivity contribution is -0.121. The SMILES string of the molecule is CCN(CC)CCNC(=O)CCn1ncc(Cl)c1C. The van der Waals surface area contributed by atoms with Gasteiger partial charge in [0.2, 0.25) is 5.91 Å². The molecule has 19 heavy (non-hydrogen) atoms. The van der Waals surface area contributed by atoms with Crippen LogP contribution < -0.4 is 5.32 Å². The number of rotatable bonds is 8. The van der Waals surface area contributed by atoms with Crippen molar-refractivity contribution in [3.63, 3.8) is 0 Å². The molecule has 0 unspecified atom stereocenters. The molecule has 0 aliphatic heterocycles. The van der Waals surface area contributed by atoms with Gasteiger partial charge in [-0.05, 0) is 20.0 Å². The van der Waals surface area contributed by atoms with E-state index >= 15 is 0 Å². The third kappa shape index (κ3) is 5.20. The number of hydrogen-bond acceptors (Lipinski definition) is 3. The highest BCUT2D eigenvalue weighted by Crippen LogP contribution is 2.13. The van der Waals surface area contributed by atoms with Crippen molar-refractivity contribution in [2.45, 2.75) is 33.7 Å². The monoisotopic (exact) mass is 286 g/mol. The Hall–Kier alpha value is -1.07. The fourth-order valence-electron chi connectivity index (χ4n) is 1.84. The van der Waals surface area contributed by atoms with E-state index in [1.54, 1.807) is 10.9 Å². The maximum absolute atomic E-state index is 11.7. The Kier molecular flexibility index (Phi) is 6.87. The van der Waals surface area contributed by atoms with Gasteiger partial charge in [-0.15, -0.1) is 0 Å². The normalized spacial score (nSPS) is 11.0. The van der Waals surface area contributed by atoms with Crippen molar-refractivity contribution in [3.8, 4) is 0 Å². The van der Waals surface area contributed by atoms with Gasteiger partial charge in [0.1, 0.15) is 0 Å². The Morgan fingerprint density at radius 2 is 2.16 bits per heavy atom. The van der Waals surface area contributed by atoms with Gasteiger partial charge in [0.25, 0.3) is 0 Å². The first-order valence-electron chi connectivity index (χ1n) is 6.75. The maximum atomic E-state index is 11.7. The Labute approximate surface area is 119 Å². The average Bonchev–Trinajstić information content (AvgIpc) is 2.73. The summed E-state index contributed by atoms with van der Waals surface area (Å²) in [5, 5.41) is 7.68. The molecule has 1 aromatic heterocycles. The topological polar surface area (TPSA) is 50.2 Å². The predicted octanol–water partition coefficient (Wildman–Crippen LogP) is 1.69. The van der Waals surface area contributed by atoms with E-state index in [1.807, 2.05) is 6.92 Å². The second kappa shape index (κ2) is 8.17. The predicted molar refractivity (Wildman–Crippen MR) is 77.4 cm³/mol. The lowest BCUT2D eigenvalue weighted by Gasteiger charge is -2.17. The van der Waals surface area contributed by atoms with E-state index in [4.69, 9.17) is 11.6 Å². The summed E-state index contributed by atoms with van der Waals surface area (Å²) in [6.07, 6.45) is 2.03. The summed E-state index contributed by atoms with van der Waals surface area (Å²) in [4.78, 5) is 14.0. The van der Waals surface area contributed by atoms with Gasteiger partial charge in [0.15, 0.2) is 0 Å². The van der Waals surface area contributed by atoms with Crippen molar-refractivity contribution in [1.82, 2.24) is 20.0 Å². The number of aryl methyl sites for hydroxylation is 1. The Balaban J connectivity index is 2.23. The first kappa shape index (κ1) is 16.0. The van der Waals surface area contributed by atoms with Gasteiger partial charge in [-0.3, -0.25) is 9.48 Å².